The summed E-state index contributed by atoms with van der Waals surface area (Å²) in [6, 6.07) is 46.2. The lowest BCUT2D eigenvalue weighted by Crippen LogP contribution is -2.56. The van der Waals surface area contributed by atoms with Gasteiger partial charge < -0.3 is 14.4 Å². The van der Waals surface area contributed by atoms with Crippen molar-refractivity contribution in [1.82, 2.24) is 4.90 Å². The Bertz CT molecular complexity index is 1770. The zero-order chi connectivity index (χ0) is 30.2. The lowest BCUT2D eigenvalue weighted by molar-refractivity contribution is -0.0331. The number of carbonyl (C=O) groups is 1. The highest BCUT2D eigenvalue weighted by molar-refractivity contribution is 5.81. The van der Waals surface area contributed by atoms with Crippen LogP contribution in [0.5, 0.6) is 0 Å². The van der Waals surface area contributed by atoms with E-state index >= 15 is 0 Å². The second kappa shape index (κ2) is 11.8. The molecule has 5 aromatic rings. The van der Waals surface area contributed by atoms with Gasteiger partial charge in [-0.05, 0) is 76.2 Å². The number of morpholine rings is 1. The molecule has 2 atom stereocenters. The van der Waals surface area contributed by atoms with Crippen molar-refractivity contribution in [2.24, 2.45) is 0 Å². The molecule has 3 aliphatic rings. The van der Waals surface area contributed by atoms with Gasteiger partial charge in [-0.15, -0.1) is 0 Å². The van der Waals surface area contributed by atoms with Gasteiger partial charge in [-0.25, -0.2) is 4.79 Å². The molecule has 0 radical (unpaired) electrons. The van der Waals surface area contributed by atoms with Crippen LogP contribution < -0.4 is 4.90 Å². The molecule has 1 fully saturated rings. The number of ether oxygens (including phenoxy) is 2. The monoisotopic (exact) mass is 590 g/mol. The molecule has 8 rings (SSSR count). The van der Waals surface area contributed by atoms with E-state index in [0.717, 1.165) is 23.5 Å². The van der Waals surface area contributed by atoms with Crippen molar-refractivity contribution < 1.29 is 14.3 Å². The molecule has 0 aromatic heterocycles. The summed E-state index contributed by atoms with van der Waals surface area (Å²) in [5.41, 5.74) is 10.6. The number of amides is 1. The molecule has 0 spiro atoms. The van der Waals surface area contributed by atoms with Crippen molar-refractivity contribution in [3.05, 3.63) is 156 Å². The predicted molar refractivity (Wildman–Crippen MR) is 179 cm³/mol. The van der Waals surface area contributed by atoms with Gasteiger partial charge in [0.05, 0.1) is 25.3 Å². The molecule has 0 N–H and O–H groups in total. The van der Waals surface area contributed by atoms with Gasteiger partial charge in [0, 0.05) is 23.0 Å². The van der Waals surface area contributed by atoms with E-state index in [1.54, 1.807) is 0 Å². The smallest absolute Gasteiger partial charge is 0.410 e. The van der Waals surface area contributed by atoms with E-state index in [-0.39, 0.29) is 24.1 Å². The van der Waals surface area contributed by atoms with Crippen LogP contribution in [0.1, 0.15) is 29.0 Å². The summed E-state index contributed by atoms with van der Waals surface area (Å²) in [7, 11) is 0. The van der Waals surface area contributed by atoms with Gasteiger partial charge in [-0.3, -0.25) is 4.90 Å². The third kappa shape index (κ3) is 5.09. The lowest BCUT2D eigenvalue weighted by Gasteiger charge is -2.44. The number of hydrogen-bond acceptors (Lipinski definition) is 4. The van der Waals surface area contributed by atoms with Gasteiger partial charge in [0.1, 0.15) is 6.61 Å². The Kier molecular flexibility index (Phi) is 7.16. The molecule has 2 bridgehead atoms. The maximum atomic E-state index is 13.6. The molecule has 222 valence electrons. The highest BCUT2D eigenvalue weighted by atomic mass is 16.6. The topological polar surface area (TPSA) is 42.0 Å². The highest BCUT2D eigenvalue weighted by Crippen LogP contribution is 2.45. The largest absolute Gasteiger partial charge is 0.448 e. The summed E-state index contributed by atoms with van der Waals surface area (Å²) < 4.78 is 12.0. The van der Waals surface area contributed by atoms with Crippen LogP contribution in [0.15, 0.2) is 140 Å². The van der Waals surface area contributed by atoms with Crippen LogP contribution in [-0.2, 0) is 9.47 Å². The summed E-state index contributed by atoms with van der Waals surface area (Å²) in [4.78, 5) is 17.8. The normalized spacial score (nSPS) is 18.5. The fraction of sp³-hybridized carbons (Fsp3) is 0.175. The number of hydrogen-bond donors (Lipinski definition) is 0. The molecule has 1 aliphatic carbocycles. The Morgan fingerprint density at radius 1 is 0.689 bits per heavy atom. The summed E-state index contributed by atoms with van der Waals surface area (Å²) in [6.07, 6.45) is 2.65. The summed E-state index contributed by atoms with van der Waals surface area (Å²) in [5.74, 6) is 0.0400. The SMILES string of the molecule is O=C(OCC1c2ccccc2-c2ccccc21)N1C2C=C(c3ccc(N(c4ccccc4)c4ccccc4)cc3)CC1COC2. The van der Waals surface area contributed by atoms with E-state index < -0.39 is 0 Å². The van der Waals surface area contributed by atoms with Gasteiger partial charge in [0.2, 0.25) is 0 Å². The Morgan fingerprint density at radius 3 is 1.84 bits per heavy atom. The average molecular weight is 591 g/mol. The van der Waals surface area contributed by atoms with Crippen LogP contribution in [0.3, 0.4) is 0 Å². The number of para-hydroxylation sites is 2. The molecule has 5 nitrogen and oxygen atoms in total. The standard InChI is InChI=1S/C40H34N2O3/c43-40(45-27-39-37-17-9-7-15-35(37)36-16-8-10-18-38(36)39)42-33-23-29(24-34(42)26-44-25-33)28-19-21-32(22-20-28)41(30-11-3-1-4-12-30)31-13-5-2-6-14-31/h1-23,33-34,39H,24-27H2. The van der Waals surface area contributed by atoms with Gasteiger partial charge in [0.25, 0.3) is 0 Å². The molecule has 0 saturated carbocycles. The Hall–Kier alpha value is -5.13. The van der Waals surface area contributed by atoms with E-state index in [4.69, 9.17) is 9.47 Å². The van der Waals surface area contributed by atoms with Crippen LogP contribution in [-0.4, -0.2) is 42.9 Å². The fourth-order valence-electron chi connectivity index (χ4n) is 7.19. The maximum absolute atomic E-state index is 13.6. The van der Waals surface area contributed by atoms with Crippen molar-refractivity contribution in [3.8, 4) is 11.1 Å². The number of anilines is 3. The number of nitrogens with zero attached hydrogens (tertiary/aromatic N) is 2. The van der Waals surface area contributed by atoms with E-state index in [9.17, 15) is 4.79 Å². The third-order valence-corrected chi connectivity index (χ3v) is 9.27. The number of benzene rings is 5. The molecule has 5 heteroatoms. The van der Waals surface area contributed by atoms with Gasteiger partial charge in [0.15, 0.2) is 0 Å². The van der Waals surface area contributed by atoms with E-state index in [1.165, 1.54) is 33.4 Å². The van der Waals surface area contributed by atoms with E-state index in [0.29, 0.717) is 19.8 Å². The first-order chi connectivity index (χ1) is 22.2. The first kappa shape index (κ1) is 27.4. The zero-order valence-corrected chi connectivity index (χ0v) is 25.0. The second-order valence-corrected chi connectivity index (χ2v) is 11.9. The van der Waals surface area contributed by atoms with Gasteiger partial charge >= 0.3 is 6.09 Å². The Labute approximate surface area is 264 Å². The van der Waals surface area contributed by atoms with Crippen molar-refractivity contribution in [2.75, 3.05) is 24.7 Å². The predicted octanol–water partition coefficient (Wildman–Crippen LogP) is 8.96. The summed E-state index contributed by atoms with van der Waals surface area (Å²) >= 11 is 0. The molecular weight excluding hydrogens is 556 g/mol. The fourth-order valence-corrected chi connectivity index (χ4v) is 7.19. The van der Waals surface area contributed by atoms with Crippen LogP contribution >= 0.6 is 0 Å². The quantitative estimate of drug-likeness (QED) is 0.198. The van der Waals surface area contributed by atoms with Crippen LogP contribution in [0, 0.1) is 0 Å². The molecule has 2 unspecified atom stereocenters. The molecule has 45 heavy (non-hydrogen) atoms. The van der Waals surface area contributed by atoms with Crippen molar-refractivity contribution >= 4 is 28.7 Å². The minimum atomic E-state index is -0.262. The molecule has 5 aromatic carbocycles. The summed E-state index contributed by atoms with van der Waals surface area (Å²) in [5, 5.41) is 0. The molecule has 2 aliphatic heterocycles. The first-order valence-corrected chi connectivity index (χ1v) is 15.7. The van der Waals surface area contributed by atoms with Gasteiger partial charge in [-0.2, -0.15) is 0 Å². The minimum Gasteiger partial charge on any atom is -0.448 e. The zero-order valence-electron chi connectivity index (χ0n) is 25.0. The Morgan fingerprint density at radius 2 is 1.24 bits per heavy atom. The molecule has 2 heterocycles. The first-order valence-electron chi connectivity index (χ1n) is 15.7. The van der Waals surface area contributed by atoms with Crippen LogP contribution in [0.2, 0.25) is 0 Å². The van der Waals surface area contributed by atoms with Gasteiger partial charge in [-0.1, -0.05) is 103 Å². The number of rotatable bonds is 6. The van der Waals surface area contributed by atoms with Crippen molar-refractivity contribution in [2.45, 2.75) is 24.4 Å². The van der Waals surface area contributed by atoms with Crippen LogP contribution in [0.25, 0.3) is 16.7 Å². The summed E-state index contributed by atoms with van der Waals surface area (Å²) in [6.45, 7) is 1.30. The van der Waals surface area contributed by atoms with Crippen molar-refractivity contribution in [1.29, 1.82) is 0 Å². The van der Waals surface area contributed by atoms with E-state index in [1.807, 2.05) is 17.0 Å². The molecular formula is C40H34N2O3. The highest BCUT2D eigenvalue weighted by Gasteiger charge is 2.40. The van der Waals surface area contributed by atoms with Crippen molar-refractivity contribution in [3.63, 3.8) is 0 Å². The number of fused-ring (bicyclic) bond motifs is 5. The minimum absolute atomic E-state index is 0.0400. The lowest BCUT2D eigenvalue weighted by atomic mass is 9.90. The average Bonchev–Trinajstić information content (AvgIpc) is 3.41. The second-order valence-electron chi connectivity index (χ2n) is 11.9. The molecule has 1 saturated heterocycles. The Balaban J connectivity index is 1.01. The maximum Gasteiger partial charge on any atom is 0.410 e. The third-order valence-electron chi connectivity index (χ3n) is 9.27. The van der Waals surface area contributed by atoms with Crippen LogP contribution in [0.4, 0.5) is 21.9 Å². The number of carbonyl (C=O) groups excluding carboxylic acids is 1. The molecule has 1 amide bonds. The van der Waals surface area contributed by atoms with E-state index in [2.05, 4.69) is 132 Å².